The highest BCUT2D eigenvalue weighted by atomic mass is 35.5. The molecular formula is C14H17ClN2. The zero-order valence-corrected chi connectivity index (χ0v) is 10.8. The summed E-state index contributed by atoms with van der Waals surface area (Å²) in [6.07, 6.45) is 5.03. The van der Waals surface area contributed by atoms with Gasteiger partial charge >= 0.3 is 0 Å². The number of hydrogen-bond acceptors (Lipinski definition) is 2. The number of anilines is 1. The first-order valence-corrected chi connectivity index (χ1v) is 6.54. The summed E-state index contributed by atoms with van der Waals surface area (Å²) in [6, 6.07) is 8.06. The molecule has 1 fully saturated rings. The van der Waals surface area contributed by atoms with Crippen LogP contribution >= 0.6 is 11.6 Å². The predicted molar refractivity (Wildman–Crippen MR) is 71.2 cm³/mol. The van der Waals surface area contributed by atoms with Crippen LogP contribution in [0.25, 0.3) is 0 Å². The van der Waals surface area contributed by atoms with Crippen LogP contribution in [0.3, 0.4) is 0 Å². The van der Waals surface area contributed by atoms with Crippen molar-refractivity contribution in [3.8, 4) is 6.07 Å². The molecule has 0 bridgehead atoms. The van der Waals surface area contributed by atoms with Gasteiger partial charge < -0.3 is 5.32 Å². The Bertz CT molecular complexity index is 436. The lowest BCUT2D eigenvalue weighted by atomic mass is 9.85. The fraction of sp³-hybridized carbons (Fsp3) is 0.500. The summed E-state index contributed by atoms with van der Waals surface area (Å²) in [4.78, 5) is 0. The Morgan fingerprint density at radius 2 is 2.12 bits per heavy atom. The molecule has 0 radical (unpaired) electrons. The molecule has 0 aliphatic heterocycles. The van der Waals surface area contributed by atoms with Crippen molar-refractivity contribution in [2.24, 2.45) is 5.92 Å². The summed E-state index contributed by atoms with van der Waals surface area (Å²) in [5, 5.41) is 13.2. The standard InChI is InChI=1S/C14H17ClN2/c1-10-4-2-3-5-13(10)17-14-8-12(15)7-6-11(14)9-16/h6-8,10,13,17H,2-5H2,1H3. The summed E-state index contributed by atoms with van der Waals surface area (Å²) < 4.78 is 0. The van der Waals surface area contributed by atoms with Gasteiger partial charge in [-0.05, 0) is 37.0 Å². The highest BCUT2D eigenvalue weighted by molar-refractivity contribution is 6.30. The van der Waals surface area contributed by atoms with Gasteiger partial charge in [0.05, 0.1) is 11.3 Å². The number of nitrogens with zero attached hydrogens (tertiary/aromatic N) is 1. The van der Waals surface area contributed by atoms with E-state index in [0.717, 1.165) is 5.69 Å². The van der Waals surface area contributed by atoms with Crippen molar-refractivity contribution in [2.75, 3.05) is 5.32 Å². The molecule has 0 amide bonds. The van der Waals surface area contributed by atoms with Crippen molar-refractivity contribution in [3.63, 3.8) is 0 Å². The van der Waals surface area contributed by atoms with Gasteiger partial charge in [-0.1, -0.05) is 31.4 Å². The fourth-order valence-electron chi connectivity index (χ4n) is 2.46. The van der Waals surface area contributed by atoms with Crippen molar-refractivity contribution in [2.45, 2.75) is 38.6 Å². The van der Waals surface area contributed by atoms with Crippen LogP contribution in [0.15, 0.2) is 18.2 Å². The summed E-state index contributed by atoms with van der Waals surface area (Å²) in [6.45, 7) is 2.27. The predicted octanol–water partition coefficient (Wildman–Crippen LogP) is 4.20. The van der Waals surface area contributed by atoms with Crippen molar-refractivity contribution in [1.29, 1.82) is 5.26 Å². The molecule has 0 aromatic heterocycles. The van der Waals surface area contributed by atoms with Gasteiger partial charge in [-0.3, -0.25) is 0 Å². The quantitative estimate of drug-likeness (QED) is 0.851. The van der Waals surface area contributed by atoms with Crippen LogP contribution in [0.1, 0.15) is 38.2 Å². The molecule has 2 unspecified atom stereocenters. The Morgan fingerprint density at radius 3 is 2.82 bits per heavy atom. The monoisotopic (exact) mass is 248 g/mol. The van der Waals surface area contributed by atoms with Crippen LogP contribution in [-0.2, 0) is 0 Å². The van der Waals surface area contributed by atoms with E-state index in [1.54, 1.807) is 12.1 Å². The molecule has 1 aliphatic rings. The van der Waals surface area contributed by atoms with Crippen molar-refractivity contribution in [1.82, 2.24) is 0 Å². The first-order valence-electron chi connectivity index (χ1n) is 6.17. The van der Waals surface area contributed by atoms with Crippen LogP contribution in [0.4, 0.5) is 5.69 Å². The van der Waals surface area contributed by atoms with Crippen LogP contribution < -0.4 is 5.32 Å². The molecule has 0 saturated heterocycles. The van der Waals surface area contributed by atoms with E-state index in [4.69, 9.17) is 16.9 Å². The van der Waals surface area contributed by atoms with Crippen molar-refractivity contribution in [3.05, 3.63) is 28.8 Å². The maximum Gasteiger partial charge on any atom is 0.101 e. The topological polar surface area (TPSA) is 35.8 Å². The highest BCUT2D eigenvalue weighted by Crippen LogP contribution is 2.29. The van der Waals surface area contributed by atoms with E-state index < -0.39 is 0 Å². The Morgan fingerprint density at radius 1 is 1.35 bits per heavy atom. The number of rotatable bonds is 2. The number of nitriles is 1. The molecule has 0 heterocycles. The van der Waals surface area contributed by atoms with Crippen LogP contribution in [0.5, 0.6) is 0 Å². The first kappa shape index (κ1) is 12.3. The smallest absolute Gasteiger partial charge is 0.101 e. The fourth-order valence-corrected chi connectivity index (χ4v) is 2.64. The van der Waals surface area contributed by atoms with E-state index in [1.165, 1.54) is 25.7 Å². The molecule has 2 atom stereocenters. The average Bonchev–Trinajstić information content (AvgIpc) is 2.32. The molecular weight excluding hydrogens is 232 g/mol. The maximum atomic E-state index is 9.07. The van der Waals surface area contributed by atoms with Gasteiger partial charge in [-0.15, -0.1) is 0 Å². The van der Waals surface area contributed by atoms with Crippen LogP contribution in [-0.4, -0.2) is 6.04 Å². The second-order valence-corrected chi connectivity index (χ2v) is 5.25. The molecule has 1 aromatic rings. The molecule has 1 aromatic carbocycles. The Hall–Kier alpha value is -1.20. The molecule has 1 saturated carbocycles. The molecule has 90 valence electrons. The molecule has 2 nitrogen and oxygen atoms in total. The van der Waals surface area contributed by atoms with Crippen LogP contribution in [0.2, 0.25) is 5.02 Å². The molecule has 2 rings (SSSR count). The second-order valence-electron chi connectivity index (χ2n) is 4.81. The number of nitrogens with one attached hydrogen (secondary N) is 1. The minimum absolute atomic E-state index is 0.467. The summed E-state index contributed by atoms with van der Waals surface area (Å²) in [5.41, 5.74) is 1.55. The van der Waals surface area contributed by atoms with E-state index in [9.17, 15) is 0 Å². The third-order valence-corrected chi connectivity index (χ3v) is 3.79. The largest absolute Gasteiger partial charge is 0.381 e. The van der Waals surface area contributed by atoms with E-state index in [1.807, 2.05) is 6.07 Å². The number of halogens is 1. The second kappa shape index (κ2) is 5.42. The van der Waals surface area contributed by atoms with Crippen LogP contribution in [0, 0.1) is 17.2 Å². The highest BCUT2D eigenvalue weighted by Gasteiger charge is 2.21. The van der Waals surface area contributed by atoms with Gasteiger partial charge in [0, 0.05) is 11.1 Å². The van der Waals surface area contributed by atoms with E-state index in [0.29, 0.717) is 22.5 Å². The Labute approximate surface area is 108 Å². The Balaban J connectivity index is 2.17. The van der Waals surface area contributed by atoms with Gasteiger partial charge in [-0.2, -0.15) is 5.26 Å². The van der Waals surface area contributed by atoms with E-state index in [-0.39, 0.29) is 0 Å². The number of benzene rings is 1. The molecule has 17 heavy (non-hydrogen) atoms. The van der Waals surface area contributed by atoms with Crippen molar-refractivity contribution >= 4 is 17.3 Å². The van der Waals surface area contributed by atoms with Gasteiger partial charge in [0.1, 0.15) is 6.07 Å². The number of hydrogen-bond donors (Lipinski definition) is 1. The minimum Gasteiger partial charge on any atom is -0.381 e. The minimum atomic E-state index is 0.467. The first-order chi connectivity index (χ1) is 8.20. The summed E-state index contributed by atoms with van der Waals surface area (Å²) in [7, 11) is 0. The molecule has 1 N–H and O–H groups in total. The zero-order valence-electron chi connectivity index (χ0n) is 10.0. The third-order valence-electron chi connectivity index (χ3n) is 3.55. The molecule has 3 heteroatoms. The normalized spacial score (nSPS) is 24.1. The van der Waals surface area contributed by atoms with Crippen molar-refractivity contribution < 1.29 is 0 Å². The lowest BCUT2D eigenvalue weighted by Crippen LogP contribution is -2.30. The van der Waals surface area contributed by atoms with E-state index >= 15 is 0 Å². The lowest BCUT2D eigenvalue weighted by Gasteiger charge is -2.30. The van der Waals surface area contributed by atoms with Gasteiger partial charge in [0.25, 0.3) is 0 Å². The Kier molecular flexibility index (Phi) is 3.91. The van der Waals surface area contributed by atoms with E-state index in [2.05, 4.69) is 18.3 Å². The summed E-state index contributed by atoms with van der Waals surface area (Å²) >= 11 is 5.98. The van der Waals surface area contributed by atoms with Gasteiger partial charge in [-0.25, -0.2) is 0 Å². The lowest BCUT2D eigenvalue weighted by molar-refractivity contribution is 0.349. The average molecular weight is 249 g/mol. The maximum absolute atomic E-state index is 9.07. The van der Waals surface area contributed by atoms with Gasteiger partial charge in [0.15, 0.2) is 0 Å². The molecule has 1 aliphatic carbocycles. The summed E-state index contributed by atoms with van der Waals surface area (Å²) in [5.74, 6) is 0.661. The zero-order chi connectivity index (χ0) is 12.3. The third kappa shape index (κ3) is 2.92. The molecule has 0 spiro atoms. The van der Waals surface area contributed by atoms with Gasteiger partial charge in [0.2, 0.25) is 0 Å². The SMILES string of the molecule is CC1CCCCC1Nc1cc(Cl)ccc1C#N.